The van der Waals surface area contributed by atoms with E-state index in [1.54, 1.807) is 0 Å². The third-order valence-corrected chi connectivity index (χ3v) is 2.41. The van der Waals surface area contributed by atoms with Gasteiger partial charge in [-0.25, -0.2) is 4.98 Å². The summed E-state index contributed by atoms with van der Waals surface area (Å²) < 4.78 is 2.10. The van der Waals surface area contributed by atoms with Crippen molar-refractivity contribution in [3.05, 3.63) is 30.1 Å². The highest BCUT2D eigenvalue weighted by Crippen LogP contribution is 2.19. The zero-order valence-electron chi connectivity index (χ0n) is 9.14. The first-order valence-electron chi connectivity index (χ1n) is 5.07. The van der Waals surface area contributed by atoms with Crippen LogP contribution in [0.5, 0.6) is 0 Å². The Morgan fingerprint density at radius 3 is 2.87 bits per heavy atom. The minimum Gasteiger partial charge on any atom is -0.361 e. The molecule has 0 amide bonds. The van der Waals surface area contributed by atoms with Gasteiger partial charge < -0.3 is 15.0 Å². The van der Waals surface area contributed by atoms with Gasteiger partial charge in [-0.05, 0) is 18.7 Å². The minimum atomic E-state index is 0.642. The molecule has 0 unspecified atom stereocenters. The summed E-state index contributed by atoms with van der Waals surface area (Å²) in [7, 11) is 4.00. The lowest BCUT2D eigenvalue weighted by Gasteiger charge is -2.11. The SMILES string of the molecule is CN(C)c1nc2ccccn2c1CCN. The summed E-state index contributed by atoms with van der Waals surface area (Å²) in [6.07, 6.45) is 2.87. The van der Waals surface area contributed by atoms with Crippen molar-refractivity contribution in [2.75, 3.05) is 25.5 Å². The van der Waals surface area contributed by atoms with Gasteiger partial charge in [-0.3, -0.25) is 0 Å². The van der Waals surface area contributed by atoms with Gasteiger partial charge in [0.1, 0.15) is 5.65 Å². The zero-order valence-corrected chi connectivity index (χ0v) is 9.14. The summed E-state index contributed by atoms with van der Waals surface area (Å²) in [6, 6.07) is 6.01. The third-order valence-electron chi connectivity index (χ3n) is 2.41. The lowest BCUT2D eigenvalue weighted by molar-refractivity contribution is 0.894. The number of nitrogens with zero attached hydrogens (tertiary/aromatic N) is 3. The molecule has 0 bridgehead atoms. The molecule has 0 aliphatic carbocycles. The Balaban J connectivity index is 2.63. The maximum atomic E-state index is 5.62. The number of nitrogens with two attached hydrogens (primary N) is 1. The van der Waals surface area contributed by atoms with E-state index in [4.69, 9.17) is 5.73 Å². The molecular weight excluding hydrogens is 188 g/mol. The fourth-order valence-corrected chi connectivity index (χ4v) is 1.76. The first kappa shape index (κ1) is 9.98. The molecule has 4 nitrogen and oxygen atoms in total. The van der Waals surface area contributed by atoms with Gasteiger partial charge in [-0.1, -0.05) is 6.07 Å². The van der Waals surface area contributed by atoms with E-state index in [1.807, 2.05) is 43.4 Å². The number of imidazole rings is 1. The average Bonchev–Trinajstić information content (AvgIpc) is 2.58. The Bertz CT molecular complexity index is 459. The second-order valence-electron chi connectivity index (χ2n) is 3.74. The molecule has 2 heterocycles. The number of anilines is 1. The normalized spacial score (nSPS) is 10.9. The van der Waals surface area contributed by atoms with Crippen molar-refractivity contribution >= 4 is 11.5 Å². The summed E-state index contributed by atoms with van der Waals surface area (Å²) in [4.78, 5) is 6.59. The second kappa shape index (κ2) is 3.90. The van der Waals surface area contributed by atoms with Crippen LogP contribution in [0.3, 0.4) is 0 Å². The fraction of sp³-hybridized carbons (Fsp3) is 0.364. The van der Waals surface area contributed by atoms with Crippen molar-refractivity contribution in [2.24, 2.45) is 5.73 Å². The van der Waals surface area contributed by atoms with Crippen LogP contribution in [0.1, 0.15) is 5.69 Å². The van der Waals surface area contributed by atoms with E-state index in [1.165, 1.54) is 5.69 Å². The molecule has 2 aromatic rings. The highest BCUT2D eigenvalue weighted by Gasteiger charge is 2.11. The van der Waals surface area contributed by atoms with Gasteiger partial charge in [0.15, 0.2) is 5.82 Å². The molecule has 2 aromatic heterocycles. The molecule has 0 atom stereocenters. The van der Waals surface area contributed by atoms with E-state index in [0.29, 0.717) is 6.54 Å². The summed E-state index contributed by atoms with van der Waals surface area (Å²) in [5.74, 6) is 1.01. The van der Waals surface area contributed by atoms with Gasteiger partial charge in [0.05, 0.1) is 5.69 Å². The molecule has 2 rings (SSSR count). The van der Waals surface area contributed by atoms with Crippen molar-refractivity contribution in [3.8, 4) is 0 Å². The summed E-state index contributed by atoms with van der Waals surface area (Å²) >= 11 is 0. The van der Waals surface area contributed by atoms with Crippen molar-refractivity contribution in [2.45, 2.75) is 6.42 Å². The molecular formula is C11H16N4. The van der Waals surface area contributed by atoms with Crippen molar-refractivity contribution in [1.82, 2.24) is 9.38 Å². The van der Waals surface area contributed by atoms with Gasteiger partial charge >= 0.3 is 0 Å². The van der Waals surface area contributed by atoms with Crippen LogP contribution in [-0.2, 0) is 6.42 Å². The minimum absolute atomic E-state index is 0.642. The zero-order chi connectivity index (χ0) is 10.8. The highest BCUT2D eigenvalue weighted by atomic mass is 15.2. The second-order valence-corrected chi connectivity index (χ2v) is 3.74. The van der Waals surface area contributed by atoms with Crippen LogP contribution in [-0.4, -0.2) is 30.0 Å². The van der Waals surface area contributed by atoms with E-state index >= 15 is 0 Å². The molecule has 0 saturated carbocycles. The van der Waals surface area contributed by atoms with Crippen molar-refractivity contribution in [3.63, 3.8) is 0 Å². The van der Waals surface area contributed by atoms with E-state index in [2.05, 4.69) is 9.38 Å². The molecule has 4 heteroatoms. The maximum Gasteiger partial charge on any atom is 0.150 e. The number of pyridine rings is 1. The topological polar surface area (TPSA) is 46.6 Å². The third kappa shape index (κ3) is 1.68. The number of fused-ring (bicyclic) bond motifs is 1. The number of rotatable bonds is 3. The van der Waals surface area contributed by atoms with Crippen LogP contribution in [0, 0.1) is 0 Å². The Morgan fingerprint density at radius 2 is 2.20 bits per heavy atom. The number of hydrogen-bond acceptors (Lipinski definition) is 3. The number of aromatic nitrogens is 2. The van der Waals surface area contributed by atoms with E-state index in [-0.39, 0.29) is 0 Å². The first-order valence-corrected chi connectivity index (χ1v) is 5.07. The van der Waals surface area contributed by atoms with Crippen LogP contribution >= 0.6 is 0 Å². The van der Waals surface area contributed by atoms with E-state index in [9.17, 15) is 0 Å². The Hall–Kier alpha value is -1.55. The molecule has 0 aromatic carbocycles. The largest absolute Gasteiger partial charge is 0.361 e. The summed E-state index contributed by atoms with van der Waals surface area (Å²) in [5, 5.41) is 0. The highest BCUT2D eigenvalue weighted by molar-refractivity contribution is 5.55. The Kier molecular flexibility index (Phi) is 2.60. The van der Waals surface area contributed by atoms with Crippen molar-refractivity contribution in [1.29, 1.82) is 0 Å². The average molecular weight is 204 g/mol. The first-order chi connectivity index (χ1) is 7.24. The molecule has 15 heavy (non-hydrogen) atoms. The van der Waals surface area contributed by atoms with Crippen LogP contribution < -0.4 is 10.6 Å². The monoisotopic (exact) mass is 204 g/mol. The Morgan fingerprint density at radius 1 is 1.40 bits per heavy atom. The van der Waals surface area contributed by atoms with Crippen molar-refractivity contribution < 1.29 is 0 Å². The standard InChI is InChI=1S/C11H16N4/c1-14(2)11-9(6-7-12)15-8-4-3-5-10(15)13-11/h3-5,8H,6-7,12H2,1-2H3. The molecule has 2 N–H and O–H groups in total. The molecule has 0 aliphatic heterocycles. The molecule has 0 aliphatic rings. The van der Waals surface area contributed by atoms with E-state index in [0.717, 1.165) is 17.9 Å². The van der Waals surface area contributed by atoms with Crippen LogP contribution in [0.25, 0.3) is 5.65 Å². The Labute approximate surface area is 89.3 Å². The lowest BCUT2D eigenvalue weighted by atomic mass is 10.3. The summed E-state index contributed by atoms with van der Waals surface area (Å²) in [6.45, 7) is 0.642. The van der Waals surface area contributed by atoms with Gasteiger partial charge in [0, 0.05) is 26.7 Å². The lowest BCUT2D eigenvalue weighted by Crippen LogP contribution is -2.14. The summed E-state index contributed by atoms with van der Waals surface area (Å²) in [5.41, 5.74) is 7.78. The fourth-order valence-electron chi connectivity index (χ4n) is 1.76. The van der Waals surface area contributed by atoms with Crippen LogP contribution in [0.2, 0.25) is 0 Å². The molecule has 0 saturated heterocycles. The molecule has 0 spiro atoms. The van der Waals surface area contributed by atoms with Gasteiger partial charge in [0.25, 0.3) is 0 Å². The van der Waals surface area contributed by atoms with E-state index < -0.39 is 0 Å². The van der Waals surface area contributed by atoms with Gasteiger partial charge in [-0.2, -0.15) is 0 Å². The molecule has 0 fully saturated rings. The van der Waals surface area contributed by atoms with Crippen LogP contribution in [0.4, 0.5) is 5.82 Å². The predicted molar refractivity (Wildman–Crippen MR) is 62.3 cm³/mol. The van der Waals surface area contributed by atoms with Gasteiger partial charge in [0.2, 0.25) is 0 Å². The molecule has 0 radical (unpaired) electrons. The quantitative estimate of drug-likeness (QED) is 0.808. The smallest absolute Gasteiger partial charge is 0.150 e. The maximum absolute atomic E-state index is 5.62. The predicted octanol–water partition coefficient (Wildman–Crippen LogP) is 0.901. The van der Waals surface area contributed by atoms with Crippen LogP contribution in [0.15, 0.2) is 24.4 Å². The number of hydrogen-bond donors (Lipinski definition) is 1. The van der Waals surface area contributed by atoms with Gasteiger partial charge in [-0.15, -0.1) is 0 Å². The molecule has 80 valence electrons.